The molecule has 0 saturated heterocycles. The minimum Gasteiger partial charge on any atom is -0.455 e. The van der Waals surface area contributed by atoms with Gasteiger partial charge in [-0.1, -0.05) is 255 Å². The van der Waals surface area contributed by atoms with E-state index >= 15 is 0 Å². The van der Waals surface area contributed by atoms with E-state index in [1.54, 1.807) is 0 Å². The maximum atomic E-state index is 6.72. The number of benzene rings is 16. The van der Waals surface area contributed by atoms with Crippen LogP contribution < -0.4 is 0 Å². The summed E-state index contributed by atoms with van der Waals surface area (Å²) in [4.78, 5) is 15.7. The third-order valence-electron chi connectivity index (χ3n) is 20.4. The zero-order valence-corrected chi connectivity index (χ0v) is 53.2. The third-order valence-corrected chi connectivity index (χ3v) is 20.4. The maximum Gasteiger partial charge on any atom is 0.144 e. The van der Waals surface area contributed by atoms with Gasteiger partial charge in [0, 0.05) is 103 Å². The number of para-hydroxylation sites is 5. The zero-order valence-electron chi connectivity index (χ0n) is 53.2. The van der Waals surface area contributed by atoms with Crippen molar-refractivity contribution in [2.75, 3.05) is 0 Å². The molecular formula is C93H53N3O3. The molecule has 0 radical (unpaired) electrons. The summed E-state index contributed by atoms with van der Waals surface area (Å²) in [6, 6.07) is 114. The van der Waals surface area contributed by atoms with E-state index in [1.807, 2.05) is 30.3 Å². The Morgan fingerprint density at radius 3 is 1.13 bits per heavy atom. The number of aromatic nitrogens is 3. The Balaban J connectivity index is 0.000000130. The summed E-state index contributed by atoms with van der Waals surface area (Å²) >= 11 is 0. The number of fused-ring (bicyclic) bond motifs is 25. The lowest BCUT2D eigenvalue weighted by Crippen LogP contribution is -1.93. The second kappa shape index (κ2) is 21.6. The third kappa shape index (κ3) is 8.53. The predicted molar refractivity (Wildman–Crippen MR) is 413 cm³/mol. The number of hydrogen-bond donors (Lipinski definition) is 0. The molecule has 6 aromatic heterocycles. The normalized spacial score (nSPS) is 12.0. The summed E-state index contributed by atoms with van der Waals surface area (Å²) in [5.41, 5.74) is 18.9. The summed E-state index contributed by atoms with van der Waals surface area (Å²) in [5.74, 6) is 0. The van der Waals surface area contributed by atoms with Gasteiger partial charge in [0.15, 0.2) is 0 Å². The molecule has 0 spiro atoms. The number of nitrogens with zero attached hydrogens (tertiary/aromatic N) is 3. The summed E-state index contributed by atoms with van der Waals surface area (Å²) in [7, 11) is 0. The number of rotatable bonds is 5. The van der Waals surface area contributed by atoms with Crippen molar-refractivity contribution in [3.63, 3.8) is 0 Å². The monoisotopic (exact) mass is 1260 g/mol. The molecule has 6 heteroatoms. The highest BCUT2D eigenvalue weighted by Gasteiger charge is 2.23. The van der Waals surface area contributed by atoms with Crippen molar-refractivity contribution in [1.29, 1.82) is 0 Å². The van der Waals surface area contributed by atoms with Crippen molar-refractivity contribution < 1.29 is 13.3 Å². The van der Waals surface area contributed by atoms with Crippen molar-refractivity contribution in [2.45, 2.75) is 0 Å². The summed E-state index contributed by atoms with van der Waals surface area (Å²) < 4.78 is 19.8. The van der Waals surface area contributed by atoms with E-state index in [0.29, 0.717) is 0 Å². The molecule has 0 atom stereocenters. The molecule has 0 aliphatic carbocycles. The van der Waals surface area contributed by atoms with E-state index < -0.39 is 0 Å². The van der Waals surface area contributed by atoms with Gasteiger partial charge in [-0.05, 0) is 116 Å². The minimum absolute atomic E-state index is 0.896. The van der Waals surface area contributed by atoms with E-state index in [4.69, 9.17) is 28.2 Å². The fraction of sp³-hybridized carbons (Fsp3) is 0. The van der Waals surface area contributed by atoms with Crippen LogP contribution in [0.2, 0.25) is 0 Å². The van der Waals surface area contributed by atoms with Gasteiger partial charge < -0.3 is 13.3 Å². The Morgan fingerprint density at radius 2 is 0.566 bits per heavy atom. The van der Waals surface area contributed by atoms with Gasteiger partial charge in [0.25, 0.3) is 0 Å². The van der Waals surface area contributed by atoms with Crippen LogP contribution in [0.1, 0.15) is 0 Å². The number of furan rings is 3. The summed E-state index contributed by atoms with van der Waals surface area (Å²) in [6.45, 7) is 0. The fourth-order valence-electron chi connectivity index (χ4n) is 15.9. The Kier molecular flexibility index (Phi) is 12.0. The average Bonchev–Trinajstić information content (AvgIpc) is 1.54. The highest BCUT2D eigenvalue weighted by molar-refractivity contribution is 6.29. The molecule has 22 aromatic rings. The minimum atomic E-state index is 0.896. The Morgan fingerprint density at radius 1 is 0.182 bits per heavy atom. The lowest BCUT2D eigenvalue weighted by Gasteiger charge is -2.16. The Bertz CT molecular complexity index is 7110. The topological polar surface area (TPSA) is 78.1 Å². The average molecular weight is 1260 g/mol. The van der Waals surface area contributed by atoms with Crippen LogP contribution >= 0.6 is 0 Å². The molecule has 16 aromatic carbocycles. The van der Waals surface area contributed by atoms with Crippen molar-refractivity contribution >= 4 is 163 Å². The lowest BCUT2D eigenvalue weighted by molar-refractivity contribution is 0.670. The van der Waals surface area contributed by atoms with Crippen LogP contribution in [0, 0.1) is 0 Å². The van der Waals surface area contributed by atoms with Gasteiger partial charge >= 0.3 is 0 Å². The SMILES string of the molecule is c1ccc(-c2nc3ccccc3c3c2cc(-c2ccc(-c4nc5ccccc5c5c4ccc4c6ccccc6oc45)cc2)c2ccccc23)cc1.c1ccc2cc3c(cc2c1)oc1c(-c2ccc(-c4nc5ccccc5c5c4ccc4c6ccccc6oc45)cc2)cc2ccccc2c13. The summed E-state index contributed by atoms with van der Waals surface area (Å²) in [6.07, 6.45) is 0. The van der Waals surface area contributed by atoms with Crippen LogP contribution in [0.25, 0.3) is 219 Å². The largest absolute Gasteiger partial charge is 0.455 e. The van der Waals surface area contributed by atoms with E-state index in [1.165, 1.54) is 43.3 Å². The molecule has 0 N–H and O–H groups in total. The van der Waals surface area contributed by atoms with Crippen molar-refractivity contribution in [3.8, 4) is 56.0 Å². The van der Waals surface area contributed by atoms with Crippen LogP contribution in [0.3, 0.4) is 0 Å². The molecule has 0 fully saturated rings. The van der Waals surface area contributed by atoms with Crippen molar-refractivity contribution in [3.05, 3.63) is 322 Å². The van der Waals surface area contributed by atoms with Crippen LogP contribution in [0.15, 0.2) is 335 Å². The maximum absolute atomic E-state index is 6.72. The van der Waals surface area contributed by atoms with E-state index in [2.05, 4.69) is 291 Å². The molecule has 458 valence electrons. The van der Waals surface area contributed by atoms with Crippen LogP contribution in [0.5, 0.6) is 0 Å². The van der Waals surface area contributed by atoms with Gasteiger partial charge in [0.1, 0.15) is 33.5 Å². The molecule has 0 saturated carbocycles. The van der Waals surface area contributed by atoms with Gasteiger partial charge in [-0.3, -0.25) is 0 Å². The Labute approximate surface area is 565 Å². The van der Waals surface area contributed by atoms with Crippen LogP contribution in [-0.4, -0.2) is 15.0 Å². The van der Waals surface area contributed by atoms with Crippen LogP contribution in [-0.2, 0) is 0 Å². The van der Waals surface area contributed by atoms with Gasteiger partial charge in [-0.15, -0.1) is 0 Å². The second-order valence-corrected chi connectivity index (χ2v) is 25.9. The quantitative estimate of drug-likeness (QED) is 0.160. The lowest BCUT2D eigenvalue weighted by atomic mass is 9.89. The van der Waals surface area contributed by atoms with E-state index in [9.17, 15) is 0 Å². The van der Waals surface area contributed by atoms with E-state index in [-0.39, 0.29) is 0 Å². The second-order valence-electron chi connectivity index (χ2n) is 25.9. The first-order chi connectivity index (χ1) is 49.1. The molecular weight excluding hydrogens is 1210 g/mol. The number of pyridine rings is 3. The van der Waals surface area contributed by atoms with Gasteiger partial charge in [-0.25, -0.2) is 15.0 Å². The van der Waals surface area contributed by atoms with Gasteiger partial charge in [-0.2, -0.15) is 0 Å². The molecule has 0 amide bonds. The molecule has 22 rings (SSSR count). The predicted octanol–water partition coefficient (Wildman–Crippen LogP) is 26.0. The van der Waals surface area contributed by atoms with E-state index in [0.717, 1.165) is 176 Å². The van der Waals surface area contributed by atoms with Crippen LogP contribution in [0.4, 0.5) is 0 Å². The fourth-order valence-corrected chi connectivity index (χ4v) is 15.9. The highest BCUT2D eigenvalue weighted by Crippen LogP contribution is 2.47. The molecule has 6 heterocycles. The molecule has 0 aliphatic heterocycles. The summed E-state index contributed by atoms with van der Waals surface area (Å²) in [5, 5.41) is 24.1. The number of hydrogen-bond acceptors (Lipinski definition) is 6. The molecule has 0 bridgehead atoms. The van der Waals surface area contributed by atoms with Gasteiger partial charge in [0.2, 0.25) is 0 Å². The Hall–Kier alpha value is -13.3. The standard InChI is InChI=1S/C48H28N2O.C45H25NO2/c1-2-12-30(13-3-1)47-40-28-39(32-14-4-5-16-34(32)44(40)36-17-6-9-19-41(36)50-47)29-22-24-31(25-23-29)46-38-27-26-35-33-15-8-11-21-43(33)51-48(35)45(38)37-18-7-10-20-42(37)49-46;1-2-10-29-25-40-37(23-28(29)9-1)41-31-12-4-3-11-30(31)24-36(45(41)48-40)26-17-19-27(20-18-26)43-35-22-21-33-32-13-6-8-16-39(32)47-44(33)42(35)34-14-5-7-15-38(34)46-43/h1-28H;1-25H. The molecule has 0 aliphatic rings. The molecule has 0 unspecified atom stereocenters. The van der Waals surface area contributed by atoms with Crippen molar-refractivity contribution in [2.24, 2.45) is 0 Å². The molecule has 6 nitrogen and oxygen atoms in total. The first-order valence-corrected chi connectivity index (χ1v) is 33.6. The smallest absolute Gasteiger partial charge is 0.144 e. The zero-order chi connectivity index (χ0) is 64.8. The first-order valence-electron chi connectivity index (χ1n) is 33.6. The van der Waals surface area contributed by atoms with Crippen molar-refractivity contribution in [1.82, 2.24) is 15.0 Å². The van der Waals surface area contributed by atoms with Gasteiger partial charge in [0.05, 0.1) is 33.6 Å². The molecule has 99 heavy (non-hydrogen) atoms. The first kappa shape index (κ1) is 55.0. The highest BCUT2D eigenvalue weighted by atomic mass is 16.3.